The molecule has 0 aliphatic heterocycles. The van der Waals surface area contributed by atoms with Gasteiger partial charge in [0, 0.05) is 4.83 Å². The van der Waals surface area contributed by atoms with E-state index in [4.69, 9.17) is 0 Å². The molecule has 0 aromatic carbocycles. The van der Waals surface area contributed by atoms with Crippen LogP contribution < -0.4 is 0 Å². The first-order valence-electron chi connectivity index (χ1n) is 3.71. The number of alkyl halides is 1. The fourth-order valence-corrected chi connectivity index (χ4v) is 1.64. The smallest absolute Gasteiger partial charge is 0.0365 e. The van der Waals surface area contributed by atoms with Crippen molar-refractivity contribution in [3.05, 3.63) is 23.8 Å². The zero-order chi connectivity index (χ0) is 7.56. The molecule has 0 saturated heterocycles. The number of hydrogen-bond donors (Lipinski definition) is 0. The molecule has 1 heteroatoms. The summed E-state index contributed by atoms with van der Waals surface area (Å²) in [7, 11) is 0. The highest BCUT2D eigenvalue weighted by molar-refractivity contribution is 9.09. The van der Waals surface area contributed by atoms with Gasteiger partial charge in [-0.25, -0.2) is 0 Å². The molecule has 0 saturated carbocycles. The molecule has 1 atom stereocenters. The third-order valence-corrected chi connectivity index (χ3v) is 2.43. The number of halogens is 1. The third kappa shape index (κ3) is 1.98. The summed E-state index contributed by atoms with van der Waals surface area (Å²) in [6.07, 6.45) is 7.72. The molecule has 0 fully saturated rings. The SMILES string of the molecule is CC(C)C1=CC=CC(Br)C1. The lowest BCUT2D eigenvalue weighted by Gasteiger charge is -2.15. The average Bonchev–Trinajstić information content (AvgIpc) is 1.88. The van der Waals surface area contributed by atoms with Gasteiger partial charge in [0.25, 0.3) is 0 Å². The van der Waals surface area contributed by atoms with E-state index in [1.807, 2.05) is 0 Å². The number of rotatable bonds is 1. The second-order valence-electron chi connectivity index (χ2n) is 3.00. The largest absolute Gasteiger partial charge is 0.0842 e. The van der Waals surface area contributed by atoms with Crippen molar-refractivity contribution < 1.29 is 0 Å². The summed E-state index contributed by atoms with van der Waals surface area (Å²) in [4.78, 5) is 0.565. The molecule has 0 radical (unpaired) electrons. The predicted octanol–water partition coefficient (Wildman–Crippen LogP) is 3.29. The molecule has 0 heterocycles. The van der Waals surface area contributed by atoms with Crippen LogP contribution in [0.25, 0.3) is 0 Å². The quantitative estimate of drug-likeness (QED) is 0.571. The van der Waals surface area contributed by atoms with Crippen LogP contribution in [0.15, 0.2) is 23.8 Å². The average molecular weight is 201 g/mol. The van der Waals surface area contributed by atoms with Gasteiger partial charge in [0.2, 0.25) is 0 Å². The van der Waals surface area contributed by atoms with Gasteiger partial charge in [-0.1, -0.05) is 53.6 Å². The standard InChI is InChI=1S/C9H13Br/c1-7(2)8-4-3-5-9(10)6-8/h3-5,7,9H,6H2,1-2H3. The molecule has 0 N–H and O–H groups in total. The zero-order valence-electron chi connectivity index (χ0n) is 6.47. The Morgan fingerprint density at radius 2 is 2.30 bits per heavy atom. The minimum atomic E-state index is 0.565. The maximum atomic E-state index is 3.57. The fourth-order valence-electron chi connectivity index (χ4n) is 1.09. The van der Waals surface area contributed by atoms with E-state index in [2.05, 4.69) is 48.0 Å². The lowest BCUT2D eigenvalue weighted by Crippen LogP contribution is -2.04. The van der Waals surface area contributed by atoms with Crippen molar-refractivity contribution in [2.75, 3.05) is 0 Å². The second kappa shape index (κ2) is 3.38. The van der Waals surface area contributed by atoms with E-state index in [0.717, 1.165) is 0 Å². The molecular weight excluding hydrogens is 188 g/mol. The van der Waals surface area contributed by atoms with Gasteiger partial charge in [-0.2, -0.15) is 0 Å². The lowest BCUT2D eigenvalue weighted by molar-refractivity contribution is 0.716. The maximum absolute atomic E-state index is 3.57. The molecule has 1 rings (SSSR count). The van der Waals surface area contributed by atoms with Crippen molar-refractivity contribution >= 4 is 15.9 Å². The molecule has 56 valence electrons. The second-order valence-corrected chi connectivity index (χ2v) is 4.18. The van der Waals surface area contributed by atoms with E-state index >= 15 is 0 Å². The van der Waals surface area contributed by atoms with Crippen LogP contribution in [0, 0.1) is 5.92 Å². The Labute approximate surface area is 71.1 Å². The van der Waals surface area contributed by atoms with Crippen LogP contribution in [0.2, 0.25) is 0 Å². The third-order valence-electron chi connectivity index (χ3n) is 1.80. The molecule has 0 bridgehead atoms. The maximum Gasteiger partial charge on any atom is 0.0365 e. The summed E-state index contributed by atoms with van der Waals surface area (Å²) in [6.45, 7) is 4.48. The van der Waals surface area contributed by atoms with E-state index < -0.39 is 0 Å². The van der Waals surface area contributed by atoms with E-state index in [-0.39, 0.29) is 0 Å². The van der Waals surface area contributed by atoms with E-state index in [0.29, 0.717) is 10.7 Å². The van der Waals surface area contributed by atoms with Crippen molar-refractivity contribution in [3.63, 3.8) is 0 Å². The summed E-state index contributed by atoms with van der Waals surface area (Å²) in [5.74, 6) is 0.699. The summed E-state index contributed by atoms with van der Waals surface area (Å²) in [6, 6.07) is 0. The Bertz CT molecular complexity index is 166. The molecule has 0 nitrogen and oxygen atoms in total. The van der Waals surface area contributed by atoms with E-state index in [9.17, 15) is 0 Å². The van der Waals surface area contributed by atoms with Crippen molar-refractivity contribution in [1.29, 1.82) is 0 Å². The topological polar surface area (TPSA) is 0 Å². The van der Waals surface area contributed by atoms with E-state index in [1.165, 1.54) is 6.42 Å². The van der Waals surface area contributed by atoms with Gasteiger partial charge >= 0.3 is 0 Å². The van der Waals surface area contributed by atoms with Gasteiger partial charge in [-0.3, -0.25) is 0 Å². The molecule has 0 amide bonds. The molecule has 1 aliphatic carbocycles. The summed E-state index contributed by atoms with van der Waals surface area (Å²) in [5, 5.41) is 0. The molecule has 0 aromatic rings. The lowest BCUT2D eigenvalue weighted by atomic mass is 9.95. The summed E-state index contributed by atoms with van der Waals surface area (Å²) in [5.41, 5.74) is 1.55. The van der Waals surface area contributed by atoms with Crippen LogP contribution >= 0.6 is 15.9 Å². The Morgan fingerprint density at radius 1 is 1.60 bits per heavy atom. The highest BCUT2D eigenvalue weighted by Gasteiger charge is 2.09. The molecule has 1 unspecified atom stereocenters. The molecular formula is C9H13Br. The summed E-state index contributed by atoms with van der Waals surface area (Å²) < 4.78 is 0. The van der Waals surface area contributed by atoms with Gasteiger partial charge in [0.1, 0.15) is 0 Å². The van der Waals surface area contributed by atoms with Crippen molar-refractivity contribution in [2.24, 2.45) is 5.92 Å². The van der Waals surface area contributed by atoms with Crippen molar-refractivity contribution in [2.45, 2.75) is 25.1 Å². The molecule has 10 heavy (non-hydrogen) atoms. The van der Waals surface area contributed by atoms with Gasteiger partial charge in [0.05, 0.1) is 0 Å². The normalized spacial score (nSPS) is 25.2. The van der Waals surface area contributed by atoms with E-state index in [1.54, 1.807) is 5.57 Å². The highest BCUT2D eigenvalue weighted by Crippen LogP contribution is 2.24. The first kappa shape index (κ1) is 8.06. The Hall–Kier alpha value is -0.0400. The Balaban J connectivity index is 2.61. The summed E-state index contributed by atoms with van der Waals surface area (Å²) >= 11 is 3.57. The van der Waals surface area contributed by atoms with Crippen molar-refractivity contribution in [3.8, 4) is 0 Å². The monoisotopic (exact) mass is 200 g/mol. The first-order valence-corrected chi connectivity index (χ1v) is 4.63. The van der Waals surface area contributed by atoms with Crippen molar-refractivity contribution in [1.82, 2.24) is 0 Å². The van der Waals surface area contributed by atoms with Crippen LogP contribution in [0.1, 0.15) is 20.3 Å². The van der Waals surface area contributed by atoms with Crippen LogP contribution in [0.4, 0.5) is 0 Å². The highest BCUT2D eigenvalue weighted by atomic mass is 79.9. The van der Waals surface area contributed by atoms with Crippen LogP contribution in [0.5, 0.6) is 0 Å². The minimum absolute atomic E-state index is 0.565. The Kier molecular flexibility index (Phi) is 2.72. The first-order chi connectivity index (χ1) is 4.70. The minimum Gasteiger partial charge on any atom is -0.0842 e. The number of allylic oxidation sites excluding steroid dienone is 4. The van der Waals surface area contributed by atoms with Gasteiger partial charge in [0.15, 0.2) is 0 Å². The molecule has 1 aliphatic rings. The zero-order valence-corrected chi connectivity index (χ0v) is 8.06. The molecule has 0 aromatic heterocycles. The van der Waals surface area contributed by atoms with Gasteiger partial charge in [-0.05, 0) is 12.3 Å². The predicted molar refractivity (Wildman–Crippen MR) is 49.4 cm³/mol. The van der Waals surface area contributed by atoms with Crippen LogP contribution in [-0.2, 0) is 0 Å². The van der Waals surface area contributed by atoms with Gasteiger partial charge in [-0.15, -0.1) is 0 Å². The Morgan fingerprint density at radius 3 is 2.70 bits per heavy atom. The van der Waals surface area contributed by atoms with Gasteiger partial charge < -0.3 is 0 Å². The number of hydrogen-bond acceptors (Lipinski definition) is 0. The van der Waals surface area contributed by atoms with Crippen LogP contribution in [0.3, 0.4) is 0 Å². The fraction of sp³-hybridized carbons (Fsp3) is 0.556. The van der Waals surface area contributed by atoms with Crippen LogP contribution in [-0.4, -0.2) is 4.83 Å². The molecule has 0 spiro atoms.